The normalized spacial score (nSPS) is 12.7. The van der Waals surface area contributed by atoms with E-state index in [4.69, 9.17) is 9.15 Å². The van der Waals surface area contributed by atoms with Gasteiger partial charge in [0, 0.05) is 23.2 Å². The molecule has 0 spiro atoms. The van der Waals surface area contributed by atoms with E-state index in [1.807, 2.05) is 0 Å². The first kappa shape index (κ1) is 20.2. The Morgan fingerprint density at radius 3 is 2.68 bits per heavy atom. The summed E-state index contributed by atoms with van der Waals surface area (Å²) in [4.78, 5) is 47.7. The molecule has 0 saturated carbocycles. The van der Waals surface area contributed by atoms with Gasteiger partial charge in [0.05, 0.1) is 0 Å². The zero-order valence-corrected chi connectivity index (χ0v) is 16.1. The Morgan fingerprint density at radius 1 is 1.13 bits per heavy atom. The van der Waals surface area contributed by atoms with Gasteiger partial charge >= 0.3 is 11.7 Å². The molecule has 10 heteroatoms. The van der Waals surface area contributed by atoms with Crippen LogP contribution in [-0.2, 0) is 27.3 Å². The van der Waals surface area contributed by atoms with Gasteiger partial charge < -0.3 is 14.5 Å². The van der Waals surface area contributed by atoms with Gasteiger partial charge in [0.15, 0.2) is 12.4 Å². The lowest BCUT2D eigenvalue weighted by Gasteiger charge is -2.17. The van der Waals surface area contributed by atoms with E-state index < -0.39 is 36.5 Å². The molecule has 9 nitrogen and oxygen atoms in total. The second kappa shape index (κ2) is 8.34. The number of Topliss-reactive ketones (excluding diaryl/α,β-unsaturated/α-hetero) is 1. The van der Waals surface area contributed by atoms with Crippen LogP contribution in [0, 0.1) is 5.82 Å². The van der Waals surface area contributed by atoms with Crippen molar-refractivity contribution in [2.75, 3.05) is 11.9 Å². The maximum Gasteiger partial charge on any atom is 0.437 e. The smallest absolute Gasteiger partial charge is 0.437 e. The molecule has 1 amide bonds. The lowest BCUT2D eigenvalue weighted by atomic mass is 9.99. The van der Waals surface area contributed by atoms with E-state index in [0.29, 0.717) is 29.7 Å². The van der Waals surface area contributed by atoms with Crippen molar-refractivity contribution in [3.8, 4) is 11.5 Å². The molecule has 0 bridgehead atoms. The molecule has 1 N–H and O–H groups in total. The predicted molar refractivity (Wildman–Crippen MR) is 105 cm³/mol. The molecule has 0 fully saturated rings. The van der Waals surface area contributed by atoms with Crippen LogP contribution in [0.1, 0.15) is 22.3 Å². The van der Waals surface area contributed by atoms with Gasteiger partial charge in [-0.05, 0) is 54.4 Å². The van der Waals surface area contributed by atoms with Crippen molar-refractivity contribution in [2.24, 2.45) is 0 Å². The van der Waals surface area contributed by atoms with Crippen molar-refractivity contribution in [1.29, 1.82) is 0 Å². The monoisotopic (exact) mass is 425 g/mol. The third kappa shape index (κ3) is 4.58. The first-order chi connectivity index (χ1) is 14.9. The highest BCUT2D eigenvalue weighted by atomic mass is 19.1. The number of carbonyl (C=O) groups is 3. The number of benzene rings is 2. The molecule has 1 aliphatic rings. The summed E-state index contributed by atoms with van der Waals surface area (Å²) in [6, 6.07) is 9.96. The fraction of sp³-hybridized carbons (Fsp3) is 0.190. The molecule has 1 aliphatic heterocycles. The van der Waals surface area contributed by atoms with E-state index in [1.54, 1.807) is 12.1 Å². The molecule has 0 radical (unpaired) electrons. The van der Waals surface area contributed by atoms with E-state index in [0.717, 1.165) is 10.2 Å². The van der Waals surface area contributed by atoms with Crippen molar-refractivity contribution >= 4 is 23.3 Å². The molecule has 0 saturated heterocycles. The Labute approximate surface area is 174 Å². The van der Waals surface area contributed by atoms with Crippen molar-refractivity contribution in [2.45, 2.75) is 19.4 Å². The molecule has 4 rings (SSSR count). The Bertz CT molecular complexity index is 1230. The minimum atomic E-state index is -0.890. The summed E-state index contributed by atoms with van der Waals surface area (Å²) in [5.41, 5.74) is 2.20. The van der Waals surface area contributed by atoms with Gasteiger partial charge in [-0.3, -0.25) is 14.4 Å². The number of hydrogen-bond donors (Lipinski definition) is 1. The van der Waals surface area contributed by atoms with Gasteiger partial charge in [-0.1, -0.05) is 0 Å². The number of fused-ring (bicyclic) bond motifs is 1. The molecule has 2 heterocycles. The lowest BCUT2D eigenvalue weighted by molar-refractivity contribution is -0.143. The second-order valence-corrected chi connectivity index (χ2v) is 6.84. The summed E-state index contributed by atoms with van der Waals surface area (Å²) < 4.78 is 23.7. The van der Waals surface area contributed by atoms with Crippen LogP contribution in [0.5, 0.6) is 0 Å². The fourth-order valence-electron chi connectivity index (χ4n) is 3.07. The summed E-state index contributed by atoms with van der Waals surface area (Å²) in [5.74, 6) is -2.77. The SMILES string of the molecule is O=C1CCc2cc(C(=O)COC(=O)Cn3nc(-c4ccc(F)cc4)oc3=O)ccc2N1. The molecule has 0 aliphatic carbocycles. The molecule has 1 aromatic heterocycles. The maximum atomic E-state index is 13.0. The lowest BCUT2D eigenvalue weighted by Crippen LogP contribution is -2.25. The van der Waals surface area contributed by atoms with Crippen LogP contribution in [-0.4, -0.2) is 34.0 Å². The van der Waals surface area contributed by atoms with Crippen LogP contribution in [0.4, 0.5) is 10.1 Å². The summed E-state index contributed by atoms with van der Waals surface area (Å²) in [6.45, 7) is -1.06. The summed E-state index contributed by atoms with van der Waals surface area (Å²) >= 11 is 0. The number of hydrogen-bond acceptors (Lipinski definition) is 7. The van der Waals surface area contributed by atoms with Crippen molar-refractivity contribution in [3.63, 3.8) is 0 Å². The number of amides is 1. The van der Waals surface area contributed by atoms with Gasteiger partial charge in [-0.15, -0.1) is 5.10 Å². The first-order valence-corrected chi connectivity index (χ1v) is 9.34. The van der Waals surface area contributed by atoms with Crippen LogP contribution >= 0.6 is 0 Å². The summed E-state index contributed by atoms with van der Waals surface area (Å²) in [6.07, 6.45) is 0.861. The van der Waals surface area contributed by atoms with Crippen LogP contribution in [0.25, 0.3) is 11.5 Å². The fourth-order valence-corrected chi connectivity index (χ4v) is 3.07. The van der Waals surface area contributed by atoms with E-state index >= 15 is 0 Å². The number of aromatic nitrogens is 2. The number of ether oxygens (including phenoxy) is 1. The zero-order chi connectivity index (χ0) is 22.0. The zero-order valence-electron chi connectivity index (χ0n) is 16.1. The highest BCUT2D eigenvalue weighted by molar-refractivity contribution is 6.00. The van der Waals surface area contributed by atoms with Crippen LogP contribution in [0.2, 0.25) is 0 Å². The van der Waals surface area contributed by atoms with Gasteiger partial charge in [-0.25, -0.2) is 9.18 Å². The number of esters is 1. The largest absolute Gasteiger partial charge is 0.456 e. The molecule has 0 unspecified atom stereocenters. The molecule has 3 aromatic rings. The van der Waals surface area contributed by atoms with Crippen LogP contribution < -0.4 is 11.1 Å². The molecule has 2 aromatic carbocycles. The van der Waals surface area contributed by atoms with E-state index in [-0.39, 0.29) is 11.8 Å². The third-order valence-corrected chi connectivity index (χ3v) is 4.66. The number of aryl methyl sites for hydroxylation is 1. The number of halogens is 1. The van der Waals surface area contributed by atoms with E-state index in [2.05, 4.69) is 10.4 Å². The summed E-state index contributed by atoms with van der Waals surface area (Å²) in [5, 5.41) is 6.61. The average molecular weight is 425 g/mol. The molecule has 31 heavy (non-hydrogen) atoms. The Kier molecular flexibility index (Phi) is 5.44. The van der Waals surface area contributed by atoms with E-state index in [1.165, 1.54) is 30.3 Å². The summed E-state index contributed by atoms with van der Waals surface area (Å²) in [7, 11) is 0. The Morgan fingerprint density at radius 2 is 1.90 bits per heavy atom. The number of carbonyl (C=O) groups excluding carboxylic acids is 3. The van der Waals surface area contributed by atoms with Crippen molar-refractivity contribution in [3.05, 3.63) is 70.0 Å². The maximum absolute atomic E-state index is 13.0. The molecule has 158 valence electrons. The number of ketones is 1. The van der Waals surface area contributed by atoms with E-state index in [9.17, 15) is 23.6 Å². The second-order valence-electron chi connectivity index (χ2n) is 6.84. The average Bonchev–Trinajstić information content (AvgIpc) is 3.12. The Hall–Kier alpha value is -4.08. The number of nitrogens with zero attached hydrogens (tertiary/aromatic N) is 2. The van der Waals surface area contributed by atoms with Gasteiger partial charge in [-0.2, -0.15) is 4.68 Å². The quantitative estimate of drug-likeness (QED) is 0.473. The van der Waals surface area contributed by atoms with Crippen molar-refractivity contribution < 1.29 is 27.9 Å². The Balaban J connectivity index is 1.36. The van der Waals surface area contributed by atoms with Gasteiger partial charge in [0.1, 0.15) is 12.4 Å². The van der Waals surface area contributed by atoms with Gasteiger partial charge in [0.2, 0.25) is 11.8 Å². The number of rotatable bonds is 6. The van der Waals surface area contributed by atoms with Crippen LogP contribution in [0.3, 0.4) is 0 Å². The minimum Gasteiger partial charge on any atom is -0.456 e. The number of nitrogens with one attached hydrogen (secondary N) is 1. The highest BCUT2D eigenvalue weighted by Crippen LogP contribution is 2.23. The molecular weight excluding hydrogens is 409 g/mol. The predicted octanol–water partition coefficient (Wildman–Crippen LogP) is 1.95. The minimum absolute atomic E-state index is 0.0740. The van der Waals surface area contributed by atoms with Crippen molar-refractivity contribution in [1.82, 2.24) is 9.78 Å². The standard InChI is InChI=1S/C21H16FN3O6/c22-15-5-1-12(2-6-15)20-24-25(21(29)31-20)10-19(28)30-11-17(26)14-3-7-16-13(9-14)4-8-18(27)23-16/h1-3,5-7,9H,4,8,10-11H2,(H,23,27). The van der Waals surface area contributed by atoms with Crippen LogP contribution in [0.15, 0.2) is 51.7 Å². The molecular formula is C21H16FN3O6. The first-order valence-electron chi connectivity index (χ1n) is 9.34. The molecule has 0 atom stereocenters. The number of anilines is 1. The van der Waals surface area contributed by atoms with Gasteiger partial charge in [0.25, 0.3) is 0 Å². The highest BCUT2D eigenvalue weighted by Gasteiger charge is 2.19. The third-order valence-electron chi connectivity index (χ3n) is 4.66. The topological polar surface area (TPSA) is 120 Å².